The highest BCUT2D eigenvalue weighted by atomic mass is 32.2. The van der Waals surface area contributed by atoms with Crippen LogP contribution in [0.5, 0.6) is 11.5 Å². The summed E-state index contributed by atoms with van der Waals surface area (Å²) >= 11 is 0. The fraction of sp³-hybridized carbons (Fsp3) is 0.167. The number of fused-ring (bicyclic) bond motifs is 1. The molecule has 1 heterocycles. The molecule has 5 heteroatoms. The van der Waals surface area contributed by atoms with Crippen LogP contribution in [0, 0.1) is 5.82 Å². The lowest BCUT2D eigenvalue weighted by Crippen LogP contribution is -1.93. The number of aromatic nitrogens is 1. The fourth-order valence-electron chi connectivity index (χ4n) is 2.33. The minimum atomic E-state index is -1.11. The first-order chi connectivity index (χ1) is 11.1. The molecule has 118 valence electrons. The molecule has 0 amide bonds. The number of rotatable bonds is 4. The molecule has 0 fully saturated rings. The van der Waals surface area contributed by atoms with Crippen LogP contribution in [0.25, 0.3) is 10.9 Å². The van der Waals surface area contributed by atoms with Crippen molar-refractivity contribution in [2.75, 3.05) is 6.26 Å². The van der Waals surface area contributed by atoms with Gasteiger partial charge in [-0.05, 0) is 48.4 Å². The Morgan fingerprint density at radius 2 is 1.96 bits per heavy atom. The first-order valence-electron chi connectivity index (χ1n) is 7.27. The van der Waals surface area contributed by atoms with Gasteiger partial charge in [0.2, 0.25) is 0 Å². The lowest BCUT2D eigenvalue weighted by molar-refractivity contribution is 0.445. The Hall–Kier alpha value is -2.27. The summed E-state index contributed by atoms with van der Waals surface area (Å²) < 4.78 is 31.6. The fourth-order valence-corrected chi connectivity index (χ4v) is 2.88. The highest BCUT2D eigenvalue weighted by Crippen LogP contribution is 2.31. The first kappa shape index (κ1) is 15.6. The number of ether oxygens (including phenoxy) is 1. The zero-order valence-electron chi connectivity index (χ0n) is 12.9. The van der Waals surface area contributed by atoms with Crippen molar-refractivity contribution in [3.8, 4) is 11.5 Å². The van der Waals surface area contributed by atoms with E-state index in [9.17, 15) is 8.60 Å². The Balaban J connectivity index is 2.05. The van der Waals surface area contributed by atoms with Crippen molar-refractivity contribution >= 4 is 21.7 Å². The summed E-state index contributed by atoms with van der Waals surface area (Å²) in [5.41, 5.74) is 1.63. The Morgan fingerprint density at radius 3 is 2.65 bits per heavy atom. The van der Waals surface area contributed by atoms with Crippen LogP contribution >= 0.6 is 0 Å². The van der Waals surface area contributed by atoms with Crippen molar-refractivity contribution in [2.24, 2.45) is 0 Å². The number of benzene rings is 2. The molecule has 0 radical (unpaired) electrons. The van der Waals surface area contributed by atoms with Crippen molar-refractivity contribution in [3.63, 3.8) is 0 Å². The van der Waals surface area contributed by atoms with E-state index in [-0.39, 0.29) is 5.75 Å². The maximum absolute atomic E-state index is 14.1. The maximum atomic E-state index is 14.1. The van der Waals surface area contributed by atoms with E-state index >= 15 is 0 Å². The standard InChI is InChI=1S/C18H16FNO2S/c1-3-12-4-7-18(15(19)10-12)22-17-8-9-20-16-6-5-13(23(2)21)11-14(16)17/h4-11H,3H2,1-2H3. The third-order valence-corrected chi connectivity index (χ3v) is 4.55. The Kier molecular flexibility index (Phi) is 4.39. The van der Waals surface area contributed by atoms with Crippen LogP contribution in [0.2, 0.25) is 0 Å². The van der Waals surface area contributed by atoms with Crippen LogP contribution in [0.1, 0.15) is 12.5 Å². The molecule has 0 saturated heterocycles. The topological polar surface area (TPSA) is 39.2 Å². The second-order valence-electron chi connectivity index (χ2n) is 5.16. The molecule has 3 aromatic rings. The summed E-state index contributed by atoms with van der Waals surface area (Å²) in [7, 11) is -1.11. The van der Waals surface area contributed by atoms with Crippen LogP contribution in [0.3, 0.4) is 0 Å². The largest absolute Gasteiger partial charge is 0.454 e. The summed E-state index contributed by atoms with van der Waals surface area (Å²) in [6, 6.07) is 12.0. The molecule has 1 aromatic heterocycles. The number of aryl methyl sites for hydroxylation is 1. The number of halogens is 1. The monoisotopic (exact) mass is 329 g/mol. The molecular weight excluding hydrogens is 313 g/mol. The van der Waals surface area contributed by atoms with Crippen molar-refractivity contribution < 1.29 is 13.3 Å². The molecule has 1 unspecified atom stereocenters. The zero-order valence-corrected chi connectivity index (χ0v) is 13.7. The molecule has 3 nitrogen and oxygen atoms in total. The van der Waals surface area contributed by atoms with Gasteiger partial charge in [-0.2, -0.15) is 0 Å². The van der Waals surface area contributed by atoms with E-state index in [4.69, 9.17) is 4.74 Å². The van der Waals surface area contributed by atoms with Gasteiger partial charge in [-0.1, -0.05) is 13.0 Å². The molecule has 3 rings (SSSR count). The molecule has 0 N–H and O–H groups in total. The van der Waals surface area contributed by atoms with E-state index in [1.54, 1.807) is 42.8 Å². The molecule has 2 aromatic carbocycles. The average Bonchev–Trinajstić information content (AvgIpc) is 2.56. The number of pyridine rings is 1. The molecule has 0 aliphatic carbocycles. The molecule has 0 spiro atoms. The minimum absolute atomic E-state index is 0.165. The maximum Gasteiger partial charge on any atom is 0.165 e. The third kappa shape index (κ3) is 3.24. The van der Waals surface area contributed by atoms with E-state index in [1.807, 2.05) is 13.0 Å². The molecule has 1 atom stereocenters. The Morgan fingerprint density at radius 1 is 1.13 bits per heavy atom. The minimum Gasteiger partial charge on any atom is -0.454 e. The predicted molar refractivity (Wildman–Crippen MR) is 89.9 cm³/mol. The van der Waals surface area contributed by atoms with E-state index in [0.29, 0.717) is 21.5 Å². The Labute approximate surface area is 136 Å². The molecule has 0 saturated carbocycles. The van der Waals surface area contributed by atoms with Crippen molar-refractivity contribution in [1.29, 1.82) is 0 Å². The second kappa shape index (κ2) is 6.46. The van der Waals surface area contributed by atoms with Gasteiger partial charge < -0.3 is 4.74 Å². The van der Waals surface area contributed by atoms with E-state index in [0.717, 1.165) is 12.0 Å². The lowest BCUT2D eigenvalue weighted by atomic mass is 10.1. The van der Waals surface area contributed by atoms with Crippen LogP contribution in [0.4, 0.5) is 4.39 Å². The van der Waals surface area contributed by atoms with Gasteiger partial charge in [-0.3, -0.25) is 9.19 Å². The molecule has 23 heavy (non-hydrogen) atoms. The zero-order chi connectivity index (χ0) is 16.4. The van der Waals surface area contributed by atoms with Gasteiger partial charge in [0.15, 0.2) is 11.6 Å². The normalized spacial score (nSPS) is 12.3. The SMILES string of the molecule is CCc1ccc(Oc2ccnc3ccc(S(C)=O)cc23)c(F)c1. The quantitative estimate of drug-likeness (QED) is 0.709. The van der Waals surface area contributed by atoms with Crippen molar-refractivity contribution in [3.05, 3.63) is 60.0 Å². The summed E-state index contributed by atoms with van der Waals surface area (Å²) in [5, 5.41) is 0.708. The van der Waals surface area contributed by atoms with Crippen LogP contribution in [0.15, 0.2) is 53.6 Å². The molecular formula is C18H16FNO2S. The summed E-state index contributed by atoms with van der Waals surface area (Å²) in [5.74, 6) is 0.257. The third-order valence-electron chi connectivity index (χ3n) is 3.63. The molecule has 0 bridgehead atoms. The summed E-state index contributed by atoms with van der Waals surface area (Å²) in [4.78, 5) is 4.94. The van der Waals surface area contributed by atoms with E-state index in [1.165, 1.54) is 6.07 Å². The van der Waals surface area contributed by atoms with Gasteiger partial charge in [-0.25, -0.2) is 4.39 Å². The summed E-state index contributed by atoms with van der Waals surface area (Å²) in [6.07, 6.45) is 3.99. The van der Waals surface area contributed by atoms with Crippen molar-refractivity contribution in [2.45, 2.75) is 18.2 Å². The van der Waals surface area contributed by atoms with Crippen LogP contribution in [-0.4, -0.2) is 15.4 Å². The highest BCUT2D eigenvalue weighted by Gasteiger charge is 2.10. The van der Waals surface area contributed by atoms with Crippen LogP contribution < -0.4 is 4.74 Å². The second-order valence-corrected chi connectivity index (χ2v) is 6.54. The Bertz CT molecular complexity index is 895. The smallest absolute Gasteiger partial charge is 0.165 e. The number of hydrogen-bond acceptors (Lipinski definition) is 3. The van der Waals surface area contributed by atoms with Gasteiger partial charge in [0.05, 0.1) is 5.52 Å². The van der Waals surface area contributed by atoms with Crippen molar-refractivity contribution in [1.82, 2.24) is 4.98 Å². The van der Waals surface area contributed by atoms with E-state index < -0.39 is 16.6 Å². The molecule has 0 aliphatic heterocycles. The van der Waals surface area contributed by atoms with Gasteiger partial charge in [0.1, 0.15) is 5.75 Å². The van der Waals surface area contributed by atoms with Gasteiger partial charge >= 0.3 is 0 Å². The predicted octanol–water partition coefficient (Wildman–Crippen LogP) is 4.47. The van der Waals surface area contributed by atoms with Gasteiger partial charge in [0, 0.05) is 33.5 Å². The van der Waals surface area contributed by atoms with Gasteiger partial charge in [0.25, 0.3) is 0 Å². The summed E-state index contributed by atoms with van der Waals surface area (Å²) in [6.45, 7) is 1.97. The molecule has 0 aliphatic rings. The highest BCUT2D eigenvalue weighted by molar-refractivity contribution is 7.84. The number of nitrogens with zero attached hydrogens (tertiary/aromatic N) is 1. The van der Waals surface area contributed by atoms with E-state index in [2.05, 4.69) is 4.98 Å². The van der Waals surface area contributed by atoms with Gasteiger partial charge in [-0.15, -0.1) is 0 Å². The first-order valence-corrected chi connectivity index (χ1v) is 8.82. The number of hydrogen-bond donors (Lipinski definition) is 0. The van der Waals surface area contributed by atoms with Crippen LogP contribution in [-0.2, 0) is 17.2 Å². The lowest BCUT2D eigenvalue weighted by Gasteiger charge is -2.11. The average molecular weight is 329 g/mol.